The predicted octanol–water partition coefficient (Wildman–Crippen LogP) is 4.75. The fourth-order valence-electron chi connectivity index (χ4n) is 2.90. The maximum Gasteiger partial charge on any atom is 0.0106 e. The molecule has 0 nitrogen and oxygen atoms in total. The molecule has 0 aliphatic heterocycles. The third-order valence-electron chi connectivity index (χ3n) is 4.13. The van der Waals surface area contributed by atoms with Gasteiger partial charge >= 0.3 is 0 Å². The molecule has 3 aromatic carbocycles. The fraction of sp³-hybridized carbons (Fsp3) is 0.143. The Balaban J connectivity index is 1.83. The molecule has 0 aliphatic carbocycles. The summed E-state index contributed by atoms with van der Waals surface area (Å²) >= 11 is 6.26. The zero-order chi connectivity index (χ0) is 16.0. The molecule has 0 aromatic heterocycles. The second-order valence-electron chi connectivity index (χ2n) is 5.72. The van der Waals surface area contributed by atoms with Gasteiger partial charge in [-0.05, 0) is 35.2 Å². The van der Waals surface area contributed by atoms with Gasteiger partial charge in [0, 0.05) is 6.04 Å². The lowest BCUT2D eigenvalue weighted by molar-refractivity contribution is 0.930. The molecule has 0 bridgehead atoms. The van der Waals surface area contributed by atoms with Crippen LogP contribution in [0.4, 0.5) is 0 Å². The highest BCUT2D eigenvalue weighted by atomic mass is 32.4. The lowest BCUT2D eigenvalue weighted by atomic mass is 10.1. The van der Waals surface area contributed by atoms with Crippen LogP contribution in [-0.2, 0) is 18.2 Å². The second kappa shape index (κ2) is 7.73. The van der Waals surface area contributed by atoms with Gasteiger partial charge in [-0.15, -0.1) is 0 Å². The highest BCUT2D eigenvalue weighted by molar-refractivity contribution is 8.21. The zero-order valence-electron chi connectivity index (χ0n) is 13.1. The summed E-state index contributed by atoms with van der Waals surface area (Å²) in [7, 11) is 0. The van der Waals surface area contributed by atoms with Crippen LogP contribution >= 0.6 is 6.04 Å². The van der Waals surface area contributed by atoms with Gasteiger partial charge in [-0.3, -0.25) is 0 Å². The van der Waals surface area contributed by atoms with Gasteiger partial charge in [-0.25, -0.2) is 0 Å². The van der Waals surface area contributed by atoms with E-state index in [9.17, 15) is 0 Å². The number of aryl methyl sites for hydroxylation is 1. The van der Waals surface area contributed by atoms with Gasteiger partial charge in [0.15, 0.2) is 0 Å². The van der Waals surface area contributed by atoms with Crippen molar-refractivity contribution in [1.82, 2.24) is 0 Å². The second-order valence-corrected chi connectivity index (χ2v) is 10.6. The van der Waals surface area contributed by atoms with Gasteiger partial charge in [0.2, 0.25) is 0 Å². The molecular formula is C21H21PS. The Morgan fingerprint density at radius 3 is 1.52 bits per heavy atom. The fourth-order valence-corrected chi connectivity index (χ4v) is 6.74. The molecule has 0 unspecified atom stereocenters. The van der Waals surface area contributed by atoms with Crippen LogP contribution in [0.1, 0.15) is 12.0 Å². The van der Waals surface area contributed by atoms with E-state index < -0.39 is 6.04 Å². The SMILES string of the molecule is S=P(CCCc1ccccc1)(c1ccccc1)c1ccccc1. The molecule has 116 valence electrons. The van der Waals surface area contributed by atoms with E-state index in [0.29, 0.717) is 0 Å². The molecule has 3 rings (SSSR count). The number of benzene rings is 3. The van der Waals surface area contributed by atoms with E-state index in [1.165, 1.54) is 16.2 Å². The predicted molar refractivity (Wildman–Crippen MR) is 106 cm³/mol. The normalized spacial score (nSPS) is 11.3. The molecule has 0 saturated heterocycles. The maximum absolute atomic E-state index is 6.26. The van der Waals surface area contributed by atoms with Crippen LogP contribution < -0.4 is 10.6 Å². The smallest absolute Gasteiger partial charge is 0.0106 e. The lowest BCUT2D eigenvalue weighted by Gasteiger charge is -2.23. The van der Waals surface area contributed by atoms with Gasteiger partial charge in [-0.1, -0.05) is 103 Å². The van der Waals surface area contributed by atoms with Gasteiger partial charge in [0.05, 0.1) is 0 Å². The highest BCUT2D eigenvalue weighted by Crippen LogP contribution is 2.44. The molecule has 0 heterocycles. The van der Waals surface area contributed by atoms with Crippen molar-refractivity contribution in [3.63, 3.8) is 0 Å². The van der Waals surface area contributed by atoms with Crippen molar-refractivity contribution >= 4 is 28.5 Å². The molecule has 0 radical (unpaired) electrons. The third kappa shape index (κ3) is 3.99. The van der Waals surface area contributed by atoms with Crippen LogP contribution in [0, 0.1) is 0 Å². The first kappa shape index (κ1) is 16.2. The van der Waals surface area contributed by atoms with Gasteiger partial charge in [0.25, 0.3) is 0 Å². The topological polar surface area (TPSA) is 0 Å². The first-order chi connectivity index (χ1) is 11.3. The summed E-state index contributed by atoms with van der Waals surface area (Å²) in [4.78, 5) is 0. The maximum atomic E-state index is 6.26. The Hall–Kier alpha value is -1.69. The first-order valence-electron chi connectivity index (χ1n) is 8.03. The monoisotopic (exact) mass is 336 g/mol. The van der Waals surface area contributed by atoms with Crippen LogP contribution in [0.2, 0.25) is 0 Å². The summed E-state index contributed by atoms with van der Waals surface area (Å²) < 4.78 is 0. The van der Waals surface area contributed by atoms with E-state index in [0.717, 1.165) is 19.0 Å². The molecule has 0 fully saturated rings. The summed E-state index contributed by atoms with van der Waals surface area (Å²) in [5.41, 5.74) is 1.40. The van der Waals surface area contributed by atoms with Crippen molar-refractivity contribution in [1.29, 1.82) is 0 Å². The summed E-state index contributed by atoms with van der Waals surface area (Å²) in [6.07, 6.45) is 3.30. The zero-order valence-corrected chi connectivity index (χ0v) is 14.8. The summed E-state index contributed by atoms with van der Waals surface area (Å²) in [5.74, 6) is 0. The van der Waals surface area contributed by atoms with E-state index in [-0.39, 0.29) is 0 Å². The Morgan fingerprint density at radius 2 is 1.04 bits per heavy atom. The molecule has 0 amide bonds. The molecule has 3 aromatic rings. The van der Waals surface area contributed by atoms with Crippen LogP contribution in [0.3, 0.4) is 0 Å². The van der Waals surface area contributed by atoms with Crippen molar-refractivity contribution in [3.8, 4) is 0 Å². The van der Waals surface area contributed by atoms with Crippen LogP contribution in [0.15, 0.2) is 91.0 Å². The highest BCUT2D eigenvalue weighted by Gasteiger charge is 2.21. The molecule has 2 heteroatoms. The van der Waals surface area contributed by atoms with E-state index >= 15 is 0 Å². The standard InChI is InChI=1S/C21H21PS/c23-22(20-14-6-2-7-15-20,21-16-8-3-9-17-21)18-10-13-19-11-4-1-5-12-19/h1-9,11-12,14-17H,10,13,18H2. The Bertz CT molecular complexity index is 723. The first-order valence-corrected chi connectivity index (χ1v) is 11.0. The minimum atomic E-state index is -1.73. The molecular weight excluding hydrogens is 315 g/mol. The quantitative estimate of drug-likeness (QED) is 0.585. The molecule has 0 spiro atoms. The van der Waals surface area contributed by atoms with Crippen molar-refractivity contribution < 1.29 is 0 Å². The van der Waals surface area contributed by atoms with Gasteiger partial charge in [0.1, 0.15) is 0 Å². The Kier molecular flexibility index (Phi) is 5.43. The van der Waals surface area contributed by atoms with Gasteiger partial charge in [-0.2, -0.15) is 0 Å². The molecule has 0 N–H and O–H groups in total. The minimum Gasteiger partial charge on any atom is -0.0876 e. The van der Waals surface area contributed by atoms with E-state index in [2.05, 4.69) is 91.0 Å². The number of rotatable bonds is 6. The minimum absolute atomic E-state index is 1.07. The van der Waals surface area contributed by atoms with Crippen molar-refractivity contribution in [2.75, 3.05) is 6.16 Å². The Morgan fingerprint density at radius 1 is 0.609 bits per heavy atom. The third-order valence-corrected chi connectivity index (χ3v) is 9.15. The van der Waals surface area contributed by atoms with E-state index in [4.69, 9.17) is 11.8 Å². The van der Waals surface area contributed by atoms with Crippen molar-refractivity contribution in [2.24, 2.45) is 0 Å². The van der Waals surface area contributed by atoms with Crippen molar-refractivity contribution in [3.05, 3.63) is 96.6 Å². The van der Waals surface area contributed by atoms with Crippen LogP contribution in [0.5, 0.6) is 0 Å². The van der Waals surface area contributed by atoms with E-state index in [1.54, 1.807) is 0 Å². The summed E-state index contributed by atoms with van der Waals surface area (Å²) in [6.45, 7) is 0. The van der Waals surface area contributed by atoms with Gasteiger partial charge < -0.3 is 0 Å². The lowest BCUT2D eigenvalue weighted by Crippen LogP contribution is -2.18. The van der Waals surface area contributed by atoms with Crippen molar-refractivity contribution in [2.45, 2.75) is 12.8 Å². The molecule has 0 saturated carbocycles. The van der Waals surface area contributed by atoms with Crippen LogP contribution in [0.25, 0.3) is 0 Å². The van der Waals surface area contributed by atoms with Crippen LogP contribution in [-0.4, -0.2) is 6.16 Å². The number of hydrogen-bond acceptors (Lipinski definition) is 1. The molecule has 23 heavy (non-hydrogen) atoms. The van der Waals surface area contributed by atoms with E-state index in [1.807, 2.05) is 0 Å². The Labute approximate surface area is 144 Å². The summed E-state index contributed by atoms with van der Waals surface area (Å²) in [5, 5.41) is 2.66. The summed E-state index contributed by atoms with van der Waals surface area (Å²) in [6, 6.07) is 30.4. The average Bonchev–Trinajstić information content (AvgIpc) is 2.64. The average molecular weight is 336 g/mol. The molecule has 0 aliphatic rings. The number of hydrogen-bond donors (Lipinski definition) is 0. The largest absolute Gasteiger partial charge is 0.0876 e. The molecule has 0 atom stereocenters.